The van der Waals surface area contributed by atoms with Crippen LogP contribution < -0.4 is 11.2 Å². The zero-order valence-electron chi connectivity index (χ0n) is 15.7. The number of fused-ring (bicyclic) bond motifs is 1. The van der Waals surface area contributed by atoms with Gasteiger partial charge >= 0.3 is 5.69 Å². The Morgan fingerprint density at radius 3 is 2.24 bits per heavy atom. The molecule has 0 spiro atoms. The van der Waals surface area contributed by atoms with Gasteiger partial charge in [-0.05, 0) is 35.7 Å². The summed E-state index contributed by atoms with van der Waals surface area (Å²) < 4.78 is 2.80. The minimum atomic E-state index is -0.417. The number of hydrogen-bond donors (Lipinski definition) is 0. The molecular weight excluding hydrogens is 407 g/mol. The zero-order valence-corrected chi connectivity index (χ0v) is 17.2. The molecule has 0 unspecified atom stereocenters. The van der Waals surface area contributed by atoms with Gasteiger partial charge in [-0.15, -0.1) is 0 Å². The predicted octanol–water partition coefficient (Wildman–Crippen LogP) is 4.88. The second-order valence-corrected chi connectivity index (χ2v) is 7.80. The molecule has 0 saturated carbocycles. The van der Waals surface area contributed by atoms with E-state index in [1.807, 2.05) is 61.5 Å². The molecule has 0 amide bonds. The number of aromatic nitrogens is 2. The topological polar surface area (TPSA) is 44.0 Å². The van der Waals surface area contributed by atoms with Crippen LogP contribution in [0.5, 0.6) is 0 Å². The fourth-order valence-electron chi connectivity index (χ4n) is 3.47. The van der Waals surface area contributed by atoms with Crippen molar-refractivity contribution in [2.45, 2.75) is 20.0 Å². The molecule has 29 heavy (non-hydrogen) atoms. The van der Waals surface area contributed by atoms with Crippen molar-refractivity contribution in [1.82, 2.24) is 9.13 Å². The summed E-state index contributed by atoms with van der Waals surface area (Å²) in [5.41, 5.74) is 2.47. The van der Waals surface area contributed by atoms with Crippen LogP contribution in [-0.4, -0.2) is 9.13 Å². The van der Waals surface area contributed by atoms with E-state index in [2.05, 4.69) is 0 Å². The maximum Gasteiger partial charge on any atom is 0.332 e. The van der Waals surface area contributed by atoms with Gasteiger partial charge in [0, 0.05) is 5.02 Å². The molecule has 0 fully saturated rings. The lowest BCUT2D eigenvalue weighted by Crippen LogP contribution is -2.40. The molecule has 0 aliphatic rings. The second-order valence-electron chi connectivity index (χ2n) is 6.95. The standard InChI is InChI=1S/C23H18Cl2N2O2/c1-15-7-5-6-10-17(15)14-27-22(28)21-19(25)11-18(24)12-20(21)26(23(27)29)13-16-8-3-2-4-9-16/h2-12H,13-14H2,1H3. The SMILES string of the molecule is Cc1ccccc1Cn1c(=O)c2c(Cl)cc(Cl)cc2n(Cc2ccccc2)c1=O. The third kappa shape index (κ3) is 3.74. The van der Waals surface area contributed by atoms with Crippen LogP contribution in [0.3, 0.4) is 0 Å². The lowest BCUT2D eigenvalue weighted by atomic mass is 10.1. The van der Waals surface area contributed by atoms with E-state index in [1.54, 1.807) is 10.6 Å². The molecule has 4 nitrogen and oxygen atoms in total. The third-order valence-electron chi connectivity index (χ3n) is 5.02. The van der Waals surface area contributed by atoms with E-state index in [-0.39, 0.29) is 11.6 Å². The lowest BCUT2D eigenvalue weighted by molar-refractivity contribution is 0.633. The van der Waals surface area contributed by atoms with Gasteiger partial charge in [-0.3, -0.25) is 13.9 Å². The molecule has 0 N–H and O–H groups in total. The monoisotopic (exact) mass is 424 g/mol. The quantitative estimate of drug-likeness (QED) is 0.468. The molecule has 4 aromatic rings. The van der Waals surface area contributed by atoms with Crippen molar-refractivity contribution in [2.75, 3.05) is 0 Å². The number of rotatable bonds is 4. The van der Waals surface area contributed by atoms with Crippen LogP contribution in [0.1, 0.15) is 16.7 Å². The van der Waals surface area contributed by atoms with E-state index < -0.39 is 11.2 Å². The van der Waals surface area contributed by atoms with E-state index in [4.69, 9.17) is 23.2 Å². The van der Waals surface area contributed by atoms with Crippen molar-refractivity contribution in [2.24, 2.45) is 0 Å². The van der Waals surface area contributed by atoms with Crippen molar-refractivity contribution in [3.05, 3.63) is 114 Å². The predicted molar refractivity (Wildman–Crippen MR) is 118 cm³/mol. The Morgan fingerprint density at radius 2 is 1.52 bits per heavy atom. The Morgan fingerprint density at radius 1 is 0.828 bits per heavy atom. The number of halogens is 2. The normalized spacial score (nSPS) is 11.1. The van der Waals surface area contributed by atoms with Crippen molar-refractivity contribution in [3.8, 4) is 0 Å². The number of nitrogens with zero attached hydrogens (tertiary/aromatic N) is 2. The highest BCUT2D eigenvalue weighted by atomic mass is 35.5. The summed E-state index contributed by atoms with van der Waals surface area (Å²) >= 11 is 12.6. The van der Waals surface area contributed by atoms with Crippen LogP contribution >= 0.6 is 23.2 Å². The highest BCUT2D eigenvalue weighted by Crippen LogP contribution is 2.25. The van der Waals surface area contributed by atoms with Crippen LogP contribution in [0.15, 0.2) is 76.3 Å². The largest absolute Gasteiger partial charge is 0.332 e. The maximum atomic E-state index is 13.4. The molecule has 146 valence electrons. The third-order valence-corrected chi connectivity index (χ3v) is 5.54. The van der Waals surface area contributed by atoms with Crippen molar-refractivity contribution < 1.29 is 0 Å². The van der Waals surface area contributed by atoms with Crippen LogP contribution in [0.4, 0.5) is 0 Å². The van der Waals surface area contributed by atoms with Gasteiger partial charge in [0.15, 0.2) is 0 Å². The molecule has 4 rings (SSSR count). The molecule has 6 heteroatoms. The van der Waals surface area contributed by atoms with Crippen LogP contribution in [0.25, 0.3) is 10.9 Å². The first-order valence-electron chi connectivity index (χ1n) is 9.16. The summed E-state index contributed by atoms with van der Waals surface area (Å²) in [6.45, 7) is 2.44. The van der Waals surface area contributed by atoms with Crippen molar-refractivity contribution in [3.63, 3.8) is 0 Å². The van der Waals surface area contributed by atoms with Gasteiger partial charge in [0.25, 0.3) is 5.56 Å². The Kier molecular flexibility index (Phi) is 5.31. The Labute approximate surface area is 177 Å². The number of aryl methyl sites for hydroxylation is 1. The highest BCUT2D eigenvalue weighted by Gasteiger charge is 2.17. The zero-order chi connectivity index (χ0) is 20.5. The van der Waals surface area contributed by atoms with Gasteiger partial charge in [-0.25, -0.2) is 4.79 Å². The molecule has 0 radical (unpaired) electrons. The fraction of sp³-hybridized carbons (Fsp3) is 0.130. The molecule has 0 aliphatic heterocycles. The molecule has 0 bridgehead atoms. The van der Waals surface area contributed by atoms with Crippen molar-refractivity contribution >= 4 is 34.1 Å². The van der Waals surface area contributed by atoms with Crippen molar-refractivity contribution in [1.29, 1.82) is 0 Å². The molecule has 1 heterocycles. The number of benzene rings is 3. The van der Waals surface area contributed by atoms with Gasteiger partial charge in [0.2, 0.25) is 0 Å². The Bertz CT molecular complexity index is 1320. The first kappa shape index (κ1) is 19.5. The summed E-state index contributed by atoms with van der Waals surface area (Å²) in [4.78, 5) is 26.6. The molecule has 0 atom stereocenters. The summed E-state index contributed by atoms with van der Waals surface area (Å²) in [7, 11) is 0. The van der Waals surface area contributed by atoms with Crippen LogP contribution in [0.2, 0.25) is 10.0 Å². The van der Waals surface area contributed by atoms with E-state index in [0.29, 0.717) is 22.5 Å². The average Bonchev–Trinajstić information content (AvgIpc) is 2.70. The summed E-state index contributed by atoms with van der Waals surface area (Å²) in [5.74, 6) is 0. The summed E-state index contributed by atoms with van der Waals surface area (Å²) in [6, 6.07) is 20.4. The lowest BCUT2D eigenvalue weighted by Gasteiger charge is -2.16. The summed E-state index contributed by atoms with van der Waals surface area (Å²) in [6.07, 6.45) is 0. The van der Waals surface area contributed by atoms with Gasteiger partial charge in [0.05, 0.1) is 29.0 Å². The molecule has 1 aromatic heterocycles. The molecular formula is C23H18Cl2N2O2. The van der Waals surface area contributed by atoms with Crippen LogP contribution in [0, 0.1) is 6.92 Å². The minimum Gasteiger partial charge on any atom is -0.289 e. The summed E-state index contributed by atoms with van der Waals surface area (Å²) in [5, 5.41) is 0.901. The van der Waals surface area contributed by atoms with E-state index in [0.717, 1.165) is 16.7 Å². The first-order valence-corrected chi connectivity index (χ1v) is 9.92. The van der Waals surface area contributed by atoms with Gasteiger partial charge in [-0.1, -0.05) is 77.8 Å². The van der Waals surface area contributed by atoms with Crippen LogP contribution in [-0.2, 0) is 13.1 Å². The maximum absolute atomic E-state index is 13.4. The fourth-order valence-corrected chi connectivity index (χ4v) is 4.03. The van der Waals surface area contributed by atoms with Gasteiger partial charge in [0.1, 0.15) is 0 Å². The smallest absolute Gasteiger partial charge is 0.289 e. The van der Waals surface area contributed by atoms with E-state index >= 15 is 0 Å². The molecule has 3 aromatic carbocycles. The molecule has 0 aliphatic carbocycles. The Hall–Kier alpha value is -2.82. The van der Waals surface area contributed by atoms with Gasteiger partial charge in [-0.2, -0.15) is 0 Å². The minimum absolute atomic E-state index is 0.175. The molecule has 0 saturated heterocycles. The van der Waals surface area contributed by atoms with E-state index in [1.165, 1.54) is 10.6 Å². The first-order chi connectivity index (χ1) is 14.0. The van der Waals surface area contributed by atoms with Gasteiger partial charge < -0.3 is 0 Å². The second kappa shape index (κ2) is 7.90. The Balaban J connectivity index is 2.01. The average molecular weight is 425 g/mol. The highest BCUT2D eigenvalue weighted by molar-refractivity contribution is 6.38. The number of hydrogen-bond acceptors (Lipinski definition) is 2. The van der Waals surface area contributed by atoms with E-state index in [9.17, 15) is 9.59 Å².